The third kappa shape index (κ3) is 4.91. The van der Waals surface area contributed by atoms with E-state index in [0.29, 0.717) is 18.0 Å². The van der Waals surface area contributed by atoms with Crippen LogP contribution in [0.4, 0.5) is 11.8 Å². The Kier molecular flexibility index (Phi) is 6.21. The van der Waals surface area contributed by atoms with E-state index in [1.807, 2.05) is 6.07 Å². The first-order valence-corrected chi connectivity index (χ1v) is 9.92. The third-order valence-electron chi connectivity index (χ3n) is 5.39. The number of pyridine rings is 1. The van der Waals surface area contributed by atoms with Crippen LogP contribution in [0.1, 0.15) is 58.8 Å². The molecule has 7 heteroatoms. The molecule has 3 heterocycles. The van der Waals surface area contributed by atoms with Gasteiger partial charge in [-0.2, -0.15) is 4.98 Å². The van der Waals surface area contributed by atoms with Crippen LogP contribution >= 0.6 is 0 Å². The van der Waals surface area contributed by atoms with Crippen LogP contribution in [-0.2, 0) is 4.79 Å². The van der Waals surface area contributed by atoms with E-state index in [4.69, 9.17) is 5.73 Å². The number of aromatic nitrogens is 3. The average molecular weight is 371 g/mol. The van der Waals surface area contributed by atoms with Gasteiger partial charge in [0.05, 0.1) is 17.8 Å². The first-order chi connectivity index (χ1) is 13.0. The zero-order valence-electron chi connectivity index (χ0n) is 16.3. The average Bonchev–Trinajstić information content (AvgIpc) is 3.19. The molecule has 2 aromatic heterocycles. The Labute approximate surface area is 160 Å². The number of anilines is 2. The van der Waals surface area contributed by atoms with Gasteiger partial charge in [-0.1, -0.05) is 19.8 Å². The minimum atomic E-state index is -0.235. The Morgan fingerprint density at radius 2 is 2.26 bits per heavy atom. The Morgan fingerprint density at radius 1 is 1.41 bits per heavy atom. The number of carbonyl (C=O) groups is 1. The van der Waals surface area contributed by atoms with E-state index in [2.05, 4.69) is 39.4 Å². The maximum absolute atomic E-state index is 12.5. The van der Waals surface area contributed by atoms with Crippen LogP contribution < -0.4 is 16.4 Å². The van der Waals surface area contributed by atoms with Crippen LogP contribution in [0.15, 0.2) is 18.5 Å². The Hall–Kier alpha value is -2.28. The SMILES string of the molecule is CCCCC(C)(CCC(=O)[C@@H]1CCCN1)Nc1nc(N)nc2cnccc12. The number of carbonyl (C=O) groups excluding carboxylic acids is 1. The van der Waals surface area contributed by atoms with Crippen LogP contribution in [0.5, 0.6) is 0 Å². The molecule has 0 radical (unpaired) electrons. The summed E-state index contributed by atoms with van der Waals surface area (Å²) < 4.78 is 0. The lowest BCUT2D eigenvalue weighted by Gasteiger charge is -2.32. The molecule has 146 valence electrons. The van der Waals surface area contributed by atoms with Crippen LogP contribution in [0.25, 0.3) is 10.9 Å². The summed E-state index contributed by atoms with van der Waals surface area (Å²) in [4.78, 5) is 25.3. The lowest BCUT2D eigenvalue weighted by Crippen LogP contribution is -2.38. The molecule has 27 heavy (non-hydrogen) atoms. The van der Waals surface area contributed by atoms with E-state index < -0.39 is 0 Å². The summed E-state index contributed by atoms with van der Waals surface area (Å²) in [6, 6.07) is 1.92. The standard InChI is InChI=1S/C20H30N6O/c1-3-4-9-20(2,10-7-17(27)15-6-5-11-23-15)26-18-14-8-12-22-13-16(14)24-19(21)25-18/h8,12-13,15,23H,3-7,9-11H2,1-2H3,(H3,21,24,25,26)/t15-,20?/m0/s1. The molecule has 0 bridgehead atoms. The van der Waals surface area contributed by atoms with E-state index in [1.54, 1.807) is 12.4 Å². The summed E-state index contributed by atoms with van der Waals surface area (Å²) in [6.45, 7) is 5.29. The number of nitrogens with two attached hydrogens (primary N) is 1. The maximum Gasteiger partial charge on any atom is 0.222 e. The van der Waals surface area contributed by atoms with Gasteiger partial charge in [0.15, 0.2) is 0 Å². The quantitative estimate of drug-likeness (QED) is 0.623. The normalized spacial score (nSPS) is 19.1. The maximum atomic E-state index is 12.5. The summed E-state index contributed by atoms with van der Waals surface area (Å²) in [5, 5.41) is 7.79. The van der Waals surface area contributed by atoms with E-state index in [9.17, 15) is 4.79 Å². The van der Waals surface area contributed by atoms with Crippen LogP contribution in [0.2, 0.25) is 0 Å². The fourth-order valence-corrected chi connectivity index (χ4v) is 3.73. The number of rotatable bonds is 9. The third-order valence-corrected chi connectivity index (χ3v) is 5.39. The first kappa shape index (κ1) is 19.5. The highest BCUT2D eigenvalue weighted by Crippen LogP contribution is 2.29. The number of unbranched alkanes of at least 4 members (excludes halogenated alkanes) is 1. The molecule has 1 aliphatic heterocycles. The second kappa shape index (κ2) is 8.61. The monoisotopic (exact) mass is 370 g/mol. The molecule has 4 N–H and O–H groups in total. The van der Waals surface area contributed by atoms with Gasteiger partial charge in [-0.15, -0.1) is 0 Å². The molecule has 0 saturated carbocycles. The molecule has 1 saturated heterocycles. The van der Waals surface area contributed by atoms with Crippen LogP contribution in [-0.4, -0.2) is 38.9 Å². The van der Waals surface area contributed by atoms with Crippen molar-refractivity contribution in [3.05, 3.63) is 18.5 Å². The van der Waals surface area contributed by atoms with Crippen molar-refractivity contribution in [2.24, 2.45) is 0 Å². The highest BCUT2D eigenvalue weighted by Gasteiger charge is 2.29. The fourth-order valence-electron chi connectivity index (χ4n) is 3.73. The second-order valence-electron chi connectivity index (χ2n) is 7.73. The molecule has 2 atom stereocenters. The number of hydrogen-bond acceptors (Lipinski definition) is 7. The molecule has 0 spiro atoms. The lowest BCUT2D eigenvalue weighted by atomic mass is 9.87. The van der Waals surface area contributed by atoms with Gasteiger partial charge in [0.2, 0.25) is 5.95 Å². The van der Waals surface area contributed by atoms with Crippen molar-refractivity contribution < 1.29 is 4.79 Å². The molecule has 7 nitrogen and oxygen atoms in total. The topological polar surface area (TPSA) is 106 Å². The van der Waals surface area contributed by atoms with Gasteiger partial charge in [-0.05, 0) is 45.2 Å². The largest absolute Gasteiger partial charge is 0.368 e. The van der Waals surface area contributed by atoms with Crippen molar-refractivity contribution in [3.8, 4) is 0 Å². The van der Waals surface area contributed by atoms with Crippen molar-refractivity contribution in [1.29, 1.82) is 0 Å². The van der Waals surface area contributed by atoms with Gasteiger partial charge in [0.1, 0.15) is 11.6 Å². The van der Waals surface area contributed by atoms with E-state index in [-0.39, 0.29) is 17.5 Å². The van der Waals surface area contributed by atoms with Crippen molar-refractivity contribution >= 4 is 28.5 Å². The second-order valence-corrected chi connectivity index (χ2v) is 7.73. The highest BCUT2D eigenvalue weighted by atomic mass is 16.1. The predicted molar refractivity (Wildman–Crippen MR) is 109 cm³/mol. The number of nitrogen functional groups attached to an aromatic ring is 1. The minimum absolute atomic E-state index is 0.0297. The molecule has 1 unspecified atom stereocenters. The molecule has 1 aliphatic rings. The number of Topliss-reactive ketones (excluding diaryl/α,β-unsaturated/α-hetero) is 1. The minimum Gasteiger partial charge on any atom is -0.368 e. The zero-order valence-corrected chi connectivity index (χ0v) is 16.3. The zero-order chi connectivity index (χ0) is 19.3. The number of fused-ring (bicyclic) bond motifs is 1. The summed E-state index contributed by atoms with van der Waals surface area (Å²) in [7, 11) is 0. The van der Waals surface area contributed by atoms with Crippen molar-refractivity contribution in [2.75, 3.05) is 17.6 Å². The molecular formula is C20H30N6O. The Bertz CT molecular complexity index is 789. The number of ketones is 1. The van der Waals surface area contributed by atoms with Crippen LogP contribution in [0.3, 0.4) is 0 Å². The van der Waals surface area contributed by atoms with Gasteiger partial charge in [0, 0.05) is 23.5 Å². The molecule has 0 aliphatic carbocycles. The summed E-state index contributed by atoms with van der Waals surface area (Å²) in [5.74, 6) is 1.25. The molecular weight excluding hydrogens is 340 g/mol. The Morgan fingerprint density at radius 3 is 3.00 bits per heavy atom. The van der Waals surface area contributed by atoms with E-state index in [0.717, 1.165) is 56.0 Å². The van der Waals surface area contributed by atoms with Crippen molar-refractivity contribution in [1.82, 2.24) is 20.3 Å². The summed E-state index contributed by atoms with van der Waals surface area (Å²) >= 11 is 0. The Balaban J connectivity index is 1.78. The van der Waals surface area contributed by atoms with Gasteiger partial charge < -0.3 is 16.4 Å². The molecule has 3 rings (SSSR count). The molecule has 0 aromatic carbocycles. The molecule has 1 fully saturated rings. The fraction of sp³-hybridized carbons (Fsp3) is 0.600. The molecule has 2 aromatic rings. The number of nitrogens with one attached hydrogen (secondary N) is 2. The van der Waals surface area contributed by atoms with Gasteiger partial charge in [-0.3, -0.25) is 9.78 Å². The first-order valence-electron chi connectivity index (χ1n) is 9.92. The van der Waals surface area contributed by atoms with Gasteiger partial charge >= 0.3 is 0 Å². The molecule has 0 amide bonds. The highest BCUT2D eigenvalue weighted by molar-refractivity contribution is 5.89. The van der Waals surface area contributed by atoms with Crippen LogP contribution in [0, 0.1) is 0 Å². The van der Waals surface area contributed by atoms with Crippen molar-refractivity contribution in [2.45, 2.75) is 70.4 Å². The van der Waals surface area contributed by atoms with E-state index >= 15 is 0 Å². The number of nitrogens with zero attached hydrogens (tertiary/aromatic N) is 3. The van der Waals surface area contributed by atoms with E-state index in [1.165, 1.54) is 0 Å². The predicted octanol–water partition coefficient (Wildman–Crippen LogP) is 3.07. The van der Waals surface area contributed by atoms with Gasteiger partial charge in [-0.25, -0.2) is 4.98 Å². The number of hydrogen-bond donors (Lipinski definition) is 3. The lowest BCUT2D eigenvalue weighted by molar-refractivity contribution is -0.121. The summed E-state index contributed by atoms with van der Waals surface area (Å²) in [5.41, 5.74) is 6.38. The smallest absolute Gasteiger partial charge is 0.222 e. The van der Waals surface area contributed by atoms with Crippen molar-refractivity contribution in [3.63, 3.8) is 0 Å². The summed E-state index contributed by atoms with van der Waals surface area (Å²) in [6.07, 6.45) is 9.94. The van der Waals surface area contributed by atoms with Gasteiger partial charge in [0.25, 0.3) is 0 Å².